The number of carbonyl (C=O) groups excluding carboxylic acids is 1. The van der Waals surface area contributed by atoms with E-state index in [2.05, 4.69) is 10.1 Å². The van der Waals surface area contributed by atoms with Crippen molar-refractivity contribution in [3.8, 4) is 0 Å². The fourth-order valence-electron chi connectivity index (χ4n) is 3.38. The number of piperidine rings is 1. The number of benzene rings is 1. The molecule has 5 nitrogen and oxygen atoms in total. The quantitative estimate of drug-likeness (QED) is 0.828. The second-order valence-electron chi connectivity index (χ2n) is 6.88. The van der Waals surface area contributed by atoms with Crippen LogP contribution < -0.4 is 0 Å². The zero-order valence-electron chi connectivity index (χ0n) is 13.8. The maximum Gasteiger partial charge on any atom is 0.258 e. The van der Waals surface area contributed by atoms with Gasteiger partial charge in [0, 0.05) is 25.4 Å². The van der Waals surface area contributed by atoms with E-state index in [0.717, 1.165) is 31.5 Å². The molecule has 1 saturated heterocycles. The van der Waals surface area contributed by atoms with Gasteiger partial charge >= 0.3 is 0 Å². The molecule has 1 saturated carbocycles. The van der Waals surface area contributed by atoms with Crippen LogP contribution in [0.25, 0.3) is 0 Å². The Balaban J connectivity index is 1.44. The van der Waals surface area contributed by atoms with Crippen LogP contribution in [0, 0.1) is 11.7 Å². The second-order valence-corrected chi connectivity index (χ2v) is 7.29. The molecule has 0 unspecified atom stereocenters. The number of carbonyl (C=O) groups is 1. The van der Waals surface area contributed by atoms with Crippen LogP contribution >= 0.6 is 11.6 Å². The number of aromatic nitrogens is 2. The number of amides is 1. The molecule has 1 amide bonds. The molecule has 1 aromatic carbocycles. The van der Waals surface area contributed by atoms with Gasteiger partial charge in [-0.3, -0.25) is 4.79 Å². The van der Waals surface area contributed by atoms with E-state index >= 15 is 0 Å². The minimum absolute atomic E-state index is 0.0429. The molecular formula is C18H19ClFN3O2. The Kier molecular flexibility index (Phi) is 4.46. The first-order chi connectivity index (χ1) is 12.1. The Morgan fingerprint density at radius 3 is 2.96 bits per heavy atom. The van der Waals surface area contributed by atoms with Gasteiger partial charge in [-0.1, -0.05) is 22.8 Å². The summed E-state index contributed by atoms with van der Waals surface area (Å²) in [6, 6.07) is 4.30. The molecule has 0 bridgehead atoms. The van der Waals surface area contributed by atoms with Crippen LogP contribution in [0.4, 0.5) is 4.39 Å². The SMILES string of the molecule is O=C(c1c(F)cccc1Cl)N1CCC[C@@H](Cc2nc(C3CC3)no2)C1. The first-order valence-electron chi connectivity index (χ1n) is 8.67. The van der Waals surface area contributed by atoms with Gasteiger partial charge < -0.3 is 9.42 Å². The van der Waals surface area contributed by atoms with Crippen LogP contribution in [0.2, 0.25) is 5.02 Å². The van der Waals surface area contributed by atoms with Crippen LogP contribution in [0.15, 0.2) is 22.7 Å². The molecule has 2 aromatic rings. The monoisotopic (exact) mass is 363 g/mol. The third kappa shape index (κ3) is 3.54. The van der Waals surface area contributed by atoms with Gasteiger partial charge in [0.2, 0.25) is 5.89 Å². The molecule has 1 aliphatic carbocycles. The number of likely N-dealkylation sites (tertiary alicyclic amines) is 1. The molecule has 0 N–H and O–H groups in total. The fraction of sp³-hybridized carbons (Fsp3) is 0.500. The third-order valence-electron chi connectivity index (χ3n) is 4.87. The summed E-state index contributed by atoms with van der Waals surface area (Å²) in [7, 11) is 0. The molecule has 0 radical (unpaired) electrons. The molecule has 1 atom stereocenters. The zero-order chi connectivity index (χ0) is 17.4. The van der Waals surface area contributed by atoms with Crippen LogP contribution in [0.5, 0.6) is 0 Å². The van der Waals surface area contributed by atoms with Crippen molar-refractivity contribution in [1.29, 1.82) is 0 Å². The molecule has 25 heavy (non-hydrogen) atoms. The number of hydrogen-bond acceptors (Lipinski definition) is 4. The summed E-state index contributed by atoms with van der Waals surface area (Å²) >= 11 is 6.03. The second kappa shape index (κ2) is 6.75. The van der Waals surface area contributed by atoms with Crippen LogP contribution in [-0.2, 0) is 6.42 Å². The average Bonchev–Trinajstić information content (AvgIpc) is 3.35. The maximum absolute atomic E-state index is 14.0. The lowest BCUT2D eigenvalue weighted by Crippen LogP contribution is -2.41. The van der Waals surface area contributed by atoms with E-state index in [1.165, 1.54) is 18.2 Å². The Bertz CT molecular complexity index is 770. The van der Waals surface area contributed by atoms with E-state index in [1.807, 2.05) is 0 Å². The van der Waals surface area contributed by atoms with Crippen molar-refractivity contribution in [2.24, 2.45) is 5.92 Å². The third-order valence-corrected chi connectivity index (χ3v) is 5.19. The summed E-state index contributed by atoms with van der Waals surface area (Å²) in [6.07, 6.45) is 4.76. The fourth-order valence-corrected chi connectivity index (χ4v) is 3.63. The number of halogens is 2. The summed E-state index contributed by atoms with van der Waals surface area (Å²) < 4.78 is 19.4. The van der Waals surface area contributed by atoms with Gasteiger partial charge in [-0.25, -0.2) is 4.39 Å². The molecule has 2 aliphatic rings. The highest BCUT2D eigenvalue weighted by Gasteiger charge is 2.31. The first kappa shape index (κ1) is 16.5. The lowest BCUT2D eigenvalue weighted by atomic mass is 9.94. The number of hydrogen-bond donors (Lipinski definition) is 0. The Labute approximate surface area is 150 Å². The highest BCUT2D eigenvalue weighted by Crippen LogP contribution is 2.38. The van der Waals surface area contributed by atoms with Gasteiger partial charge in [0.15, 0.2) is 5.82 Å². The van der Waals surface area contributed by atoms with E-state index in [4.69, 9.17) is 16.1 Å². The lowest BCUT2D eigenvalue weighted by molar-refractivity contribution is 0.0663. The molecule has 2 heterocycles. The van der Waals surface area contributed by atoms with Crippen molar-refractivity contribution in [2.75, 3.05) is 13.1 Å². The van der Waals surface area contributed by atoms with Crippen molar-refractivity contribution < 1.29 is 13.7 Å². The molecule has 2 fully saturated rings. The Hall–Kier alpha value is -1.95. The summed E-state index contributed by atoms with van der Waals surface area (Å²) in [6.45, 7) is 1.15. The van der Waals surface area contributed by atoms with E-state index in [-0.39, 0.29) is 22.4 Å². The normalized spacial score (nSPS) is 20.7. The van der Waals surface area contributed by atoms with Crippen LogP contribution in [0.3, 0.4) is 0 Å². The average molecular weight is 364 g/mol. The van der Waals surface area contributed by atoms with Crippen molar-refractivity contribution >= 4 is 17.5 Å². The summed E-state index contributed by atoms with van der Waals surface area (Å²) in [5, 5.41) is 4.19. The summed E-state index contributed by atoms with van der Waals surface area (Å²) in [5.41, 5.74) is -0.0429. The van der Waals surface area contributed by atoms with Gasteiger partial charge in [-0.05, 0) is 43.7 Å². The number of nitrogens with zero attached hydrogens (tertiary/aromatic N) is 3. The van der Waals surface area contributed by atoms with Crippen LogP contribution in [-0.4, -0.2) is 34.0 Å². The highest BCUT2D eigenvalue weighted by molar-refractivity contribution is 6.33. The summed E-state index contributed by atoms with van der Waals surface area (Å²) in [4.78, 5) is 18.8. The molecule has 7 heteroatoms. The summed E-state index contributed by atoms with van der Waals surface area (Å²) in [5.74, 6) is 1.20. The van der Waals surface area contributed by atoms with Gasteiger partial charge in [0.25, 0.3) is 5.91 Å². The van der Waals surface area contributed by atoms with Crippen molar-refractivity contribution in [3.63, 3.8) is 0 Å². The maximum atomic E-state index is 14.0. The molecule has 1 aromatic heterocycles. The van der Waals surface area contributed by atoms with E-state index in [1.54, 1.807) is 4.90 Å². The lowest BCUT2D eigenvalue weighted by Gasteiger charge is -2.32. The predicted molar refractivity (Wildman–Crippen MR) is 90.0 cm³/mol. The highest BCUT2D eigenvalue weighted by atomic mass is 35.5. The van der Waals surface area contributed by atoms with E-state index in [9.17, 15) is 9.18 Å². The molecule has 1 aliphatic heterocycles. The standard InChI is InChI=1S/C18H19ClFN3O2/c19-13-4-1-5-14(20)16(13)18(24)23-8-2-3-11(10-23)9-15-21-17(22-25-15)12-6-7-12/h1,4-5,11-12H,2-3,6-10H2/t11-/m0/s1. The zero-order valence-corrected chi connectivity index (χ0v) is 14.5. The first-order valence-corrected chi connectivity index (χ1v) is 9.05. The smallest absolute Gasteiger partial charge is 0.258 e. The van der Waals surface area contributed by atoms with E-state index in [0.29, 0.717) is 31.3 Å². The Morgan fingerprint density at radius 2 is 2.20 bits per heavy atom. The van der Waals surface area contributed by atoms with Gasteiger partial charge in [-0.2, -0.15) is 4.98 Å². The number of rotatable bonds is 4. The largest absolute Gasteiger partial charge is 0.339 e. The molecule has 4 rings (SSSR count). The van der Waals surface area contributed by atoms with Gasteiger partial charge in [0.1, 0.15) is 5.82 Å². The Morgan fingerprint density at radius 1 is 1.36 bits per heavy atom. The van der Waals surface area contributed by atoms with E-state index < -0.39 is 5.82 Å². The molecule has 0 spiro atoms. The topological polar surface area (TPSA) is 59.2 Å². The van der Waals surface area contributed by atoms with Crippen molar-refractivity contribution in [3.05, 3.63) is 46.3 Å². The van der Waals surface area contributed by atoms with Crippen molar-refractivity contribution in [2.45, 2.75) is 38.0 Å². The molecule has 132 valence electrons. The van der Waals surface area contributed by atoms with Gasteiger partial charge in [0.05, 0.1) is 10.6 Å². The molecular weight excluding hydrogens is 345 g/mol. The predicted octanol–water partition coefficient (Wildman–Crippen LogP) is 3.83. The minimum atomic E-state index is -0.578. The van der Waals surface area contributed by atoms with Crippen LogP contribution in [0.1, 0.15) is 53.7 Å². The minimum Gasteiger partial charge on any atom is -0.339 e. The van der Waals surface area contributed by atoms with Gasteiger partial charge in [-0.15, -0.1) is 0 Å². The van der Waals surface area contributed by atoms with Crippen molar-refractivity contribution in [1.82, 2.24) is 15.0 Å².